The number of aromatic nitrogens is 2. The Hall–Kier alpha value is -0.430. The molecule has 1 aromatic rings. The molecule has 0 spiro atoms. The van der Waals surface area contributed by atoms with Crippen LogP contribution in [0.3, 0.4) is 0 Å². The van der Waals surface area contributed by atoms with Crippen LogP contribution in [-0.4, -0.2) is 39.5 Å². The van der Waals surface area contributed by atoms with Crippen LogP contribution in [-0.2, 0) is 0 Å². The van der Waals surface area contributed by atoms with Crippen molar-refractivity contribution >= 4 is 29.6 Å². The van der Waals surface area contributed by atoms with Gasteiger partial charge in [-0.05, 0) is 0 Å². The Labute approximate surface area is 75.0 Å². The molecular formula is C5H4N3Na. The van der Waals surface area contributed by atoms with Crippen molar-refractivity contribution < 1.29 is 0 Å². The first-order chi connectivity index (χ1) is 3.93. The predicted octanol–water partition coefficient (Wildman–Crippen LogP) is -0.300. The van der Waals surface area contributed by atoms with Crippen LogP contribution in [0.1, 0.15) is 5.69 Å². The topological polar surface area (TPSA) is 49.6 Å². The molecule has 0 saturated heterocycles. The second-order valence-corrected chi connectivity index (χ2v) is 1.20. The molecule has 0 fully saturated rings. The van der Waals surface area contributed by atoms with E-state index in [1.54, 1.807) is 0 Å². The Kier molecular flexibility index (Phi) is 4.24. The van der Waals surface area contributed by atoms with E-state index in [1.165, 1.54) is 18.6 Å². The predicted molar refractivity (Wildman–Crippen MR) is 33.9 cm³/mol. The molecule has 0 aliphatic heterocycles. The molecule has 0 atom stereocenters. The summed E-state index contributed by atoms with van der Waals surface area (Å²) in [6, 6.07) is 1.85. The normalized spacial score (nSPS) is 7.00. The van der Waals surface area contributed by atoms with Gasteiger partial charge >= 0.3 is 29.6 Å². The van der Waals surface area contributed by atoms with Crippen molar-refractivity contribution in [1.82, 2.24) is 9.97 Å². The van der Waals surface area contributed by atoms with Crippen LogP contribution in [0.2, 0.25) is 0 Å². The van der Waals surface area contributed by atoms with Gasteiger partial charge in [-0.1, -0.05) is 0 Å². The molecule has 0 aliphatic rings. The Morgan fingerprint density at radius 3 is 2.56 bits per heavy atom. The monoisotopic (exact) mass is 129 g/mol. The summed E-state index contributed by atoms with van der Waals surface area (Å²) in [5, 5.41) is 8.19. The van der Waals surface area contributed by atoms with Gasteiger partial charge in [0.2, 0.25) is 0 Å². The summed E-state index contributed by atoms with van der Waals surface area (Å²) < 4.78 is 0. The molecule has 0 aromatic carbocycles. The van der Waals surface area contributed by atoms with Gasteiger partial charge in [0.25, 0.3) is 0 Å². The summed E-state index contributed by atoms with van der Waals surface area (Å²) in [7, 11) is 0. The van der Waals surface area contributed by atoms with Crippen molar-refractivity contribution in [2.45, 2.75) is 0 Å². The van der Waals surface area contributed by atoms with E-state index < -0.39 is 0 Å². The SMILES string of the molecule is N#Cc1cnccn1.[NaH]. The van der Waals surface area contributed by atoms with E-state index in [9.17, 15) is 0 Å². The van der Waals surface area contributed by atoms with Gasteiger partial charge < -0.3 is 0 Å². The van der Waals surface area contributed by atoms with Crippen LogP contribution in [0.4, 0.5) is 0 Å². The fourth-order valence-electron chi connectivity index (χ4n) is 0.357. The van der Waals surface area contributed by atoms with Gasteiger partial charge in [-0.3, -0.25) is 4.98 Å². The maximum atomic E-state index is 8.19. The van der Waals surface area contributed by atoms with E-state index in [0.717, 1.165) is 0 Å². The molecule has 0 radical (unpaired) electrons. The van der Waals surface area contributed by atoms with E-state index in [-0.39, 0.29) is 29.6 Å². The summed E-state index contributed by atoms with van der Waals surface area (Å²) in [4.78, 5) is 7.34. The van der Waals surface area contributed by atoms with Crippen molar-refractivity contribution in [3.63, 3.8) is 0 Å². The molecule has 0 unspecified atom stereocenters. The van der Waals surface area contributed by atoms with Crippen molar-refractivity contribution in [3.8, 4) is 6.07 Å². The van der Waals surface area contributed by atoms with E-state index in [0.29, 0.717) is 5.69 Å². The Morgan fingerprint density at radius 2 is 2.22 bits per heavy atom. The summed E-state index contributed by atoms with van der Waals surface area (Å²) >= 11 is 0. The molecule has 0 bridgehead atoms. The zero-order valence-electron chi connectivity index (χ0n) is 4.07. The molecule has 4 heteroatoms. The van der Waals surface area contributed by atoms with Gasteiger partial charge in [-0.25, -0.2) is 4.98 Å². The first-order valence-electron chi connectivity index (χ1n) is 2.09. The quantitative estimate of drug-likeness (QED) is 0.452. The van der Waals surface area contributed by atoms with Crippen LogP contribution in [0.5, 0.6) is 0 Å². The average molecular weight is 129 g/mol. The van der Waals surface area contributed by atoms with Crippen molar-refractivity contribution in [1.29, 1.82) is 5.26 Å². The molecule has 0 N–H and O–H groups in total. The van der Waals surface area contributed by atoms with E-state index in [1.807, 2.05) is 6.07 Å². The van der Waals surface area contributed by atoms with Crippen molar-refractivity contribution in [2.75, 3.05) is 0 Å². The van der Waals surface area contributed by atoms with Gasteiger partial charge in [0.1, 0.15) is 6.07 Å². The van der Waals surface area contributed by atoms with Crippen LogP contribution >= 0.6 is 0 Å². The van der Waals surface area contributed by atoms with Gasteiger partial charge in [-0.2, -0.15) is 5.26 Å². The minimum absolute atomic E-state index is 0. The fourth-order valence-corrected chi connectivity index (χ4v) is 0.357. The number of hydrogen-bond donors (Lipinski definition) is 0. The summed E-state index contributed by atoms with van der Waals surface area (Å²) in [5.74, 6) is 0. The average Bonchev–Trinajstić information content (AvgIpc) is 1.90. The van der Waals surface area contributed by atoms with E-state index in [4.69, 9.17) is 5.26 Å². The van der Waals surface area contributed by atoms with Gasteiger partial charge in [0.05, 0.1) is 6.20 Å². The first-order valence-corrected chi connectivity index (χ1v) is 2.09. The van der Waals surface area contributed by atoms with Crippen LogP contribution in [0, 0.1) is 11.3 Å². The fraction of sp³-hybridized carbons (Fsp3) is 0. The summed E-state index contributed by atoms with van der Waals surface area (Å²) in [6.45, 7) is 0. The zero-order chi connectivity index (χ0) is 5.82. The zero-order valence-corrected chi connectivity index (χ0v) is 4.07. The molecule has 3 nitrogen and oxygen atoms in total. The molecule has 0 aliphatic carbocycles. The molecule has 1 rings (SSSR count). The Morgan fingerprint density at radius 1 is 1.44 bits per heavy atom. The molecule has 40 valence electrons. The third-order valence-corrected chi connectivity index (χ3v) is 0.678. The van der Waals surface area contributed by atoms with Gasteiger partial charge in [-0.15, -0.1) is 0 Å². The third kappa shape index (κ3) is 2.56. The second-order valence-electron chi connectivity index (χ2n) is 1.20. The van der Waals surface area contributed by atoms with Crippen molar-refractivity contribution in [2.24, 2.45) is 0 Å². The summed E-state index contributed by atoms with van der Waals surface area (Å²) in [6.07, 6.45) is 4.43. The number of nitrogens with zero attached hydrogens (tertiary/aromatic N) is 3. The summed E-state index contributed by atoms with van der Waals surface area (Å²) in [5.41, 5.74) is 0.354. The Bertz CT molecular complexity index is 203. The molecule has 1 aromatic heterocycles. The number of nitriles is 1. The molecule has 9 heavy (non-hydrogen) atoms. The second kappa shape index (κ2) is 4.45. The van der Waals surface area contributed by atoms with Crippen LogP contribution < -0.4 is 0 Å². The molecule has 1 heterocycles. The Balaban J connectivity index is 0.000000640. The van der Waals surface area contributed by atoms with Crippen molar-refractivity contribution in [3.05, 3.63) is 24.3 Å². The first kappa shape index (κ1) is 8.57. The number of rotatable bonds is 0. The number of hydrogen-bond acceptors (Lipinski definition) is 3. The standard InChI is InChI=1S/C5H3N3.Na.H/c6-3-5-4-7-1-2-8-5;;/h1-2,4H;;. The van der Waals surface area contributed by atoms with Gasteiger partial charge in [0.15, 0.2) is 5.69 Å². The minimum atomic E-state index is 0. The van der Waals surface area contributed by atoms with E-state index in [2.05, 4.69) is 9.97 Å². The molecular weight excluding hydrogens is 125 g/mol. The van der Waals surface area contributed by atoms with Crippen LogP contribution in [0.15, 0.2) is 18.6 Å². The maximum absolute atomic E-state index is 8.19. The molecule has 0 saturated carbocycles. The molecule has 0 amide bonds. The third-order valence-electron chi connectivity index (χ3n) is 0.678. The van der Waals surface area contributed by atoms with E-state index >= 15 is 0 Å². The van der Waals surface area contributed by atoms with Crippen LogP contribution in [0.25, 0.3) is 0 Å². The van der Waals surface area contributed by atoms with Gasteiger partial charge in [0, 0.05) is 12.4 Å².